The fourth-order valence-corrected chi connectivity index (χ4v) is 2.51. The highest BCUT2D eigenvalue weighted by atomic mass is 32.2. The van der Waals surface area contributed by atoms with Crippen LogP contribution in [0.2, 0.25) is 0 Å². The molecule has 12 heavy (non-hydrogen) atoms. The molecule has 1 N–H and O–H groups in total. The van der Waals surface area contributed by atoms with Crippen LogP contribution < -0.4 is 4.72 Å². The summed E-state index contributed by atoms with van der Waals surface area (Å²) >= 11 is 0. The van der Waals surface area contributed by atoms with Crippen molar-refractivity contribution in [3.05, 3.63) is 0 Å². The standard InChI is InChI=1S/C8H17NO2S/c1-2-3-4-7-9-12(10,11)8-5-6-8/h8-9H,2-7H2,1H3. The minimum absolute atomic E-state index is 0.0703. The number of unbranched alkanes of at least 4 members (excludes halogenated alkanes) is 2. The van der Waals surface area contributed by atoms with Gasteiger partial charge in [0.15, 0.2) is 0 Å². The monoisotopic (exact) mass is 191 g/mol. The second-order valence-corrected chi connectivity index (χ2v) is 5.39. The summed E-state index contributed by atoms with van der Waals surface area (Å²) < 4.78 is 25.1. The molecule has 1 aliphatic carbocycles. The van der Waals surface area contributed by atoms with Gasteiger partial charge in [0.05, 0.1) is 5.25 Å². The van der Waals surface area contributed by atoms with Crippen LogP contribution >= 0.6 is 0 Å². The third-order valence-corrected chi connectivity index (χ3v) is 4.00. The highest BCUT2D eigenvalue weighted by molar-refractivity contribution is 7.90. The number of hydrogen-bond acceptors (Lipinski definition) is 2. The van der Waals surface area contributed by atoms with E-state index in [9.17, 15) is 8.42 Å². The van der Waals surface area contributed by atoms with E-state index in [-0.39, 0.29) is 5.25 Å². The van der Waals surface area contributed by atoms with E-state index in [4.69, 9.17) is 0 Å². The van der Waals surface area contributed by atoms with Crippen molar-refractivity contribution in [2.75, 3.05) is 6.54 Å². The van der Waals surface area contributed by atoms with Crippen LogP contribution in [0, 0.1) is 0 Å². The van der Waals surface area contributed by atoms with Gasteiger partial charge < -0.3 is 0 Å². The molecule has 0 unspecified atom stereocenters. The molecule has 72 valence electrons. The molecule has 0 atom stereocenters. The Hall–Kier alpha value is -0.0900. The molecule has 1 saturated carbocycles. The van der Waals surface area contributed by atoms with Crippen LogP contribution in [0.5, 0.6) is 0 Å². The summed E-state index contributed by atoms with van der Waals surface area (Å²) in [6, 6.07) is 0. The van der Waals surface area contributed by atoms with Gasteiger partial charge in [0.25, 0.3) is 0 Å². The number of sulfonamides is 1. The highest BCUT2D eigenvalue weighted by Crippen LogP contribution is 2.27. The van der Waals surface area contributed by atoms with Gasteiger partial charge in [-0.05, 0) is 19.3 Å². The van der Waals surface area contributed by atoms with E-state index in [0.717, 1.165) is 32.1 Å². The molecule has 0 spiro atoms. The Labute approximate surface area is 74.6 Å². The summed E-state index contributed by atoms with van der Waals surface area (Å²) in [6.07, 6.45) is 4.90. The van der Waals surface area contributed by atoms with Gasteiger partial charge in [0.1, 0.15) is 0 Å². The maximum absolute atomic E-state index is 11.2. The van der Waals surface area contributed by atoms with Gasteiger partial charge in [-0.3, -0.25) is 0 Å². The van der Waals surface area contributed by atoms with Crippen LogP contribution in [0.1, 0.15) is 39.0 Å². The van der Waals surface area contributed by atoms with Gasteiger partial charge in [-0.2, -0.15) is 0 Å². The molecule has 3 nitrogen and oxygen atoms in total. The summed E-state index contributed by atoms with van der Waals surface area (Å²) in [4.78, 5) is 0. The predicted molar refractivity (Wildman–Crippen MR) is 49.5 cm³/mol. The van der Waals surface area contributed by atoms with Crippen molar-refractivity contribution in [1.82, 2.24) is 4.72 Å². The van der Waals surface area contributed by atoms with Gasteiger partial charge in [0.2, 0.25) is 10.0 Å². The third kappa shape index (κ3) is 3.11. The van der Waals surface area contributed by atoms with Gasteiger partial charge >= 0.3 is 0 Å². The van der Waals surface area contributed by atoms with E-state index in [1.165, 1.54) is 0 Å². The molecule has 0 aromatic heterocycles. The lowest BCUT2D eigenvalue weighted by atomic mass is 10.3. The Bertz CT molecular complexity index is 219. The SMILES string of the molecule is CCCCCNS(=O)(=O)C1CC1. The molecule has 0 aromatic rings. The first-order chi connectivity index (χ1) is 5.67. The largest absolute Gasteiger partial charge is 0.215 e. The fraction of sp³-hybridized carbons (Fsp3) is 1.00. The van der Waals surface area contributed by atoms with Crippen molar-refractivity contribution in [2.24, 2.45) is 0 Å². The molecule has 0 heterocycles. The van der Waals surface area contributed by atoms with Crippen molar-refractivity contribution in [1.29, 1.82) is 0 Å². The number of nitrogens with one attached hydrogen (secondary N) is 1. The first-order valence-electron chi connectivity index (χ1n) is 4.65. The van der Waals surface area contributed by atoms with Crippen molar-refractivity contribution < 1.29 is 8.42 Å². The minimum Gasteiger partial charge on any atom is -0.215 e. The zero-order chi connectivity index (χ0) is 9.03. The summed E-state index contributed by atoms with van der Waals surface area (Å²) in [5, 5.41) is -0.0703. The zero-order valence-electron chi connectivity index (χ0n) is 7.54. The number of rotatable bonds is 6. The molecule has 1 aliphatic rings. The number of hydrogen-bond donors (Lipinski definition) is 1. The molecule has 4 heteroatoms. The van der Waals surface area contributed by atoms with Crippen LogP contribution in [0.25, 0.3) is 0 Å². The molecular weight excluding hydrogens is 174 g/mol. The van der Waals surface area contributed by atoms with Crippen LogP contribution in [0.15, 0.2) is 0 Å². The molecule has 0 amide bonds. The van der Waals surface area contributed by atoms with E-state index < -0.39 is 10.0 Å². The lowest BCUT2D eigenvalue weighted by molar-refractivity contribution is 0.574. The zero-order valence-corrected chi connectivity index (χ0v) is 8.36. The van der Waals surface area contributed by atoms with Crippen molar-refractivity contribution in [3.63, 3.8) is 0 Å². The maximum Gasteiger partial charge on any atom is 0.214 e. The summed E-state index contributed by atoms with van der Waals surface area (Å²) in [6.45, 7) is 2.72. The first-order valence-corrected chi connectivity index (χ1v) is 6.20. The van der Waals surface area contributed by atoms with Gasteiger partial charge in [-0.1, -0.05) is 19.8 Å². The second kappa shape index (κ2) is 4.23. The Morgan fingerprint density at radius 3 is 2.50 bits per heavy atom. The van der Waals surface area contributed by atoms with Crippen molar-refractivity contribution in [2.45, 2.75) is 44.3 Å². The van der Waals surface area contributed by atoms with Crippen molar-refractivity contribution in [3.8, 4) is 0 Å². The van der Waals surface area contributed by atoms with Gasteiger partial charge in [0, 0.05) is 6.54 Å². The highest BCUT2D eigenvalue weighted by Gasteiger charge is 2.34. The summed E-state index contributed by atoms with van der Waals surface area (Å²) in [7, 11) is -2.92. The average Bonchev–Trinajstić information content (AvgIpc) is 2.80. The second-order valence-electron chi connectivity index (χ2n) is 3.35. The minimum atomic E-state index is -2.92. The lowest BCUT2D eigenvalue weighted by Gasteiger charge is -2.03. The van der Waals surface area contributed by atoms with Crippen LogP contribution in [-0.2, 0) is 10.0 Å². The topological polar surface area (TPSA) is 46.2 Å². The van der Waals surface area contributed by atoms with Gasteiger partial charge in [-0.25, -0.2) is 13.1 Å². The molecular formula is C8H17NO2S. The van der Waals surface area contributed by atoms with E-state index in [0.29, 0.717) is 6.54 Å². The van der Waals surface area contributed by atoms with E-state index in [1.54, 1.807) is 0 Å². The van der Waals surface area contributed by atoms with E-state index in [1.807, 2.05) is 0 Å². The summed E-state index contributed by atoms with van der Waals surface area (Å²) in [5.41, 5.74) is 0. The Kier molecular flexibility index (Phi) is 3.53. The van der Waals surface area contributed by atoms with Crippen molar-refractivity contribution >= 4 is 10.0 Å². The quantitative estimate of drug-likeness (QED) is 0.642. The first kappa shape index (κ1) is 9.99. The molecule has 0 radical (unpaired) electrons. The average molecular weight is 191 g/mol. The molecule has 0 bridgehead atoms. The molecule has 1 rings (SSSR count). The third-order valence-electron chi connectivity index (χ3n) is 2.05. The van der Waals surface area contributed by atoms with Crippen LogP contribution in [0.4, 0.5) is 0 Å². The normalized spacial score (nSPS) is 18.1. The maximum atomic E-state index is 11.2. The molecule has 1 fully saturated rings. The Morgan fingerprint density at radius 1 is 1.33 bits per heavy atom. The van der Waals surface area contributed by atoms with Crippen LogP contribution in [0.3, 0.4) is 0 Å². The molecule has 0 saturated heterocycles. The van der Waals surface area contributed by atoms with E-state index >= 15 is 0 Å². The predicted octanol–water partition coefficient (Wildman–Crippen LogP) is 1.26. The lowest BCUT2D eigenvalue weighted by Crippen LogP contribution is -2.28. The smallest absolute Gasteiger partial charge is 0.214 e. The Balaban J connectivity index is 2.13. The fourth-order valence-electron chi connectivity index (χ4n) is 1.09. The van der Waals surface area contributed by atoms with Gasteiger partial charge in [-0.15, -0.1) is 0 Å². The van der Waals surface area contributed by atoms with Crippen LogP contribution in [-0.4, -0.2) is 20.2 Å². The summed E-state index contributed by atoms with van der Waals surface area (Å²) in [5.74, 6) is 0. The molecule has 0 aliphatic heterocycles. The molecule has 0 aromatic carbocycles. The Morgan fingerprint density at radius 2 is 2.00 bits per heavy atom. The van der Waals surface area contributed by atoms with E-state index in [2.05, 4.69) is 11.6 Å².